The molecular weight excluding hydrogens is 743 g/mol. The Morgan fingerprint density at radius 3 is 1.41 bits per heavy atom. The average Bonchev–Trinajstić information content (AvgIpc) is 3.23. The molecule has 0 amide bonds. The van der Waals surface area contributed by atoms with E-state index in [-0.39, 0.29) is 13.2 Å². The second-order valence-corrected chi connectivity index (χ2v) is 14.5. The highest BCUT2D eigenvalue weighted by Crippen LogP contribution is 2.46. The molecule has 1 aliphatic rings. The van der Waals surface area contributed by atoms with E-state index in [2.05, 4.69) is 60.7 Å². The highest BCUT2D eigenvalue weighted by atomic mass is 35.5. The predicted octanol–water partition coefficient (Wildman–Crippen LogP) is 12.0. The van der Waals surface area contributed by atoms with Crippen LogP contribution in [0.4, 0.5) is 0 Å². The molecule has 0 spiro atoms. The lowest BCUT2D eigenvalue weighted by atomic mass is 9.92. The van der Waals surface area contributed by atoms with Gasteiger partial charge in [0.05, 0.1) is 13.2 Å². The van der Waals surface area contributed by atoms with Crippen molar-refractivity contribution in [3.8, 4) is 45.3 Å². The van der Waals surface area contributed by atoms with Crippen molar-refractivity contribution in [3.63, 3.8) is 0 Å². The molecule has 1 aliphatic heterocycles. The van der Waals surface area contributed by atoms with E-state index in [4.69, 9.17) is 51.6 Å². The van der Waals surface area contributed by atoms with E-state index in [9.17, 15) is 0 Å². The van der Waals surface area contributed by atoms with Gasteiger partial charge in [0.25, 0.3) is 0 Å². The van der Waals surface area contributed by atoms with Gasteiger partial charge in [0.15, 0.2) is 11.1 Å². The van der Waals surface area contributed by atoms with Crippen LogP contribution in [0.3, 0.4) is 0 Å². The summed E-state index contributed by atoms with van der Waals surface area (Å²) >= 11 is 13.5. The molecular formula is C48H38Cl2O6. The lowest BCUT2D eigenvalue weighted by molar-refractivity contribution is 0.0286. The minimum atomic E-state index is -0.870. The Labute approximate surface area is 335 Å². The molecule has 8 heteroatoms. The summed E-state index contributed by atoms with van der Waals surface area (Å²) in [6, 6.07) is 49.3. The van der Waals surface area contributed by atoms with Gasteiger partial charge in [-0.25, -0.2) is 0 Å². The number of benzene rings is 8. The first-order valence-corrected chi connectivity index (χ1v) is 19.6. The van der Waals surface area contributed by atoms with Crippen molar-refractivity contribution in [1.29, 1.82) is 0 Å². The maximum Gasteiger partial charge on any atom is 0.167 e. The highest BCUT2D eigenvalue weighted by Gasteiger charge is 2.22. The third-order valence-electron chi connectivity index (χ3n) is 10.0. The summed E-state index contributed by atoms with van der Waals surface area (Å²) in [7, 11) is 0. The lowest BCUT2D eigenvalue weighted by Gasteiger charge is -2.21. The minimum absolute atomic E-state index is 0.0366. The first kappa shape index (κ1) is 36.2. The largest absolute Gasteiger partial charge is 0.491 e. The first-order valence-electron chi connectivity index (χ1n) is 18.7. The Morgan fingerprint density at radius 2 is 0.839 bits per heavy atom. The van der Waals surface area contributed by atoms with Crippen LogP contribution >= 0.6 is 23.2 Å². The van der Waals surface area contributed by atoms with Crippen molar-refractivity contribution in [2.45, 2.75) is 11.1 Å². The fraction of sp³-hybridized carbons (Fsp3) is 0.167. The summed E-state index contributed by atoms with van der Waals surface area (Å²) in [5, 5.41) is 8.45. The second kappa shape index (κ2) is 16.3. The van der Waals surface area contributed by atoms with E-state index >= 15 is 0 Å². The summed E-state index contributed by atoms with van der Waals surface area (Å²) in [6.07, 6.45) is 0. The molecule has 8 aromatic carbocycles. The Morgan fingerprint density at radius 1 is 0.393 bits per heavy atom. The van der Waals surface area contributed by atoms with Crippen LogP contribution in [-0.2, 0) is 9.47 Å². The summed E-state index contributed by atoms with van der Waals surface area (Å²) in [5.41, 5.74) is 2.04. The SMILES string of the molecule is ClC1COc2cc(c3ccccc3c2)-c2c(ccc3ccccc23)OCCOCCOc2ccc3ccccc3c2-c2c(ccc3ccccc23)OCC(Cl)O1. The van der Waals surface area contributed by atoms with Crippen molar-refractivity contribution in [3.05, 3.63) is 146 Å². The molecule has 0 aromatic heterocycles. The quantitative estimate of drug-likeness (QED) is 0.143. The van der Waals surface area contributed by atoms with Gasteiger partial charge in [-0.3, -0.25) is 0 Å². The predicted molar refractivity (Wildman–Crippen MR) is 227 cm³/mol. The maximum atomic E-state index is 6.77. The molecule has 6 nitrogen and oxygen atoms in total. The molecule has 280 valence electrons. The van der Waals surface area contributed by atoms with Gasteiger partial charge in [-0.1, -0.05) is 138 Å². The molecule has 2 bridgehead atoms. The summed E-state index contributed by atoms with van der Waals surface area (Å²) in [6.45, 7) is 1.52. The summed E-state index contributed by atoms with van der Waals surface area (Å²) in [4.78, 5) is 0. The number of ether oxygens (including phenoxy) is 6. The van der Waals surface area contributed by atoms with Gasteiger partial charge in [-0.2, -0.15) is 0 Å². The number of hydrogen-bond acceptors (Lipinski definition) is 6. The van der Waals surface area contributed by atoms with Crippen LogP contribution in [-0.4, -0.2) is 50.8 Å². The number of fused-ring (bicyclic) bond motifs is 15. The van der Waals surface area contributed by atoms with Crippen LogP contribution in [0.25, 0.3) is 65.3 Å². The zero-order valence-electron chi connectivity index (χ0n) is 30.5. The number of halogens is 2. The average molecular weight is 782 g/mol. The normalized spacial score (nSPS) is 17.1. The van der Waals surface area contributed by atoms with E-state index in [1.54, 1.807) is 0 Å². The molecule has 0 fully saturated rings. The minimum Gasteiger partial charge on any atom is -0.491 e. The third kappa shape index (κ3) is 7.41. The molecule has 0 radical (unpaired) electrons. The fourth-order valence-electron chi connectivity index (χ4n) is 7.56. The maximum absolute atomic E-state index is 6.77. The van der Waals surface area contributed by atoms with E-state index in [0.717, 1.165) is 76.8 Å². The van der Waals surface area contributed by atoms with Crippen molar-refractivity contribution in [1.82, 2.24) is 0 Å². The van der Waals surface area contributed by atoms with Crippen molar-refractivity contribution in [2.75, 3.05) is 39.6 Å². The Balaban J connectivity index is 1.09. The van der Waals surface area contributed by atoms with Gasteiger partial charge in [0, 0.05) is 16.7 Å². The van der Waals surface area contributed by atoms with Gasteiger partial charge >= 0.3 is 0 Å². The molecule has 1 heterocycles. The number of rotatable bonds is 0. The molecule has 8 aromatic rings. The Hall–Kier alpha value is -5.50. The molecule has 2 unspecified atom stereocenters. The van der Waals surface area contributed by atoms with Crippen LogP contribution in [0, 0.1) is 0 Å². The molecule has 0 saturated heterocycles. The number of hydrogen-bond donors (Lipinski definition) is 0. The van der Waals surface area contributed by atoms with E-state index in [0.29, 0.717) is 37.9 Å². The molecule has 0 saturated carbocycles. The van der Waals surface area contributed by atoms with Crippen LogP contribution in [0.1, 0.15) is 0 Å². The Kier molecular flexibility index (Phi) is 10.5. The van der Waals surface area contributed by atoms with Gasteiger partial charge < -0.3 is 28.4 Å². The van der Waals surface area contributed by atoms with Gasteiger partial charge in [0.2, 0.25) is 0 Å². The van der Waals surface area contributed by atoms with Crippen LogP contribution in [0.5, 0.6) is 23.0 Å². The standard InChI is InChI=1S/C48H38Cl2O6/c49-44-29-54-35-27-34-12-4-5-13-36(34)40(28-35)46-37-14-6-1-9-31(37)17-20-41(46)52-25-23-51-24-26-53-42-21-18-32-10-2-7-15-38(32)47(42)48-39-16-8-3-11-33(39)19-22-43(48)55-30-45(50)56-44/h1-22,27-28,44-45H,23-26,29-30H2. The zero-order valence-corrected chi connectivity index (χ0v) is 32.0. The fourth-order valence-corrected chi connectivity index (χ4v) is 7.99. The van der Waals surface area contributed by atoms with E-state index < -0.39 is 11.1 Å². The molecule has 2 atom stereocenters. The molecule has 9 rings (SSSR count). The van der Waals surface area contributed by atoms with E-state index in [1.807, 2.05) is 84.9 Å². The Bertz CT molecular complexity index is 2680. The highest BCUT2D eigenvalue weighted by molar-refractivity contribution is 6.22. The monoisotopic (exact) mass is 780 g/mol. The van der Waals surface area contributed by atoms with Gasteiger partial charge in [-0.15, -0.1) is 0 Å². The lowest BCUT2D eigenvalue weighted by Crippen LogP contribution is -2.24. The van der Waals surface area contributed by atoms with Gasteiger partial charge in [0.1, 0.15) is 49.4 Å². The topological polar surface area (TPSA) is 55.4 Å². The molecule has 56 heavy (non-hydrogen) atoms. The third-order valence-corrected chi connectivity index (χ3v) is 10.5. The second-order valence-electron chi connectivity index (χ2n) is 13.6. The zero-order chi connectivity index (χ0) is 37.8. The molecule has 0 aliphatic carbocycles. The van der Waals surface area contributed by atoms with Crippen molar-refractivity contribution >= 4 is 66.3 Å². The van der Waals surface area contributed by atoms with Crippen molar-refractivity contribution in [2.24, 2.45) is 0 Å². The summed E-state index contributed by atoms with van der Waals surface area (Å²) < 4.78 is 38.0. The van der Waals surface area contributed by atoms with Crippen LogP contribution < -0.4 is 18.9 Å². The smallest absolute Gasteiger partial charge is 0.167 e. The first-order chi connectivity index (χ1) is 27.6. The van der Waals surface area contributed by atoms with E-state index in [1.165, 1.54) is 0 Å². The molecule has 0 N–H and O–H groups in total. The van der Waals surface area contributed by atoms with Crippen LogP contribution in [0.15, 0.2) is 146 Å². The van der Waals surface area contributed by atoms with Crippen LogP contribution in [0.2, 0.25) is 0 Å². The summed E-state index contributed by atoms with van der Waals surface area (Å²) in [5.74, 6) is 2.75. The number of alkyl halides is 2. The van der Waals surface area contributed by atoms with Gasteiger partial charge in [-0.05, 0) is 79.0 Å². The van der Waals surface area contributed by atoms with Crippen molar-refractivity contribution < 1.29 is 28.4 Å².